The van der Waals surface area contributed by atoms with Gasteiger partial charge in [-0.2, -0.15) is 0 Å². The lowest BCUT2D eigenvalue weighted by Gasteiger charge is -2.30. The van der Waals surface area contributed by atoms with E-state index in [-0.39, 0.29) is 16.6 Å². The first-order valence-corrected chi connectivity index (χ1v) is 12.5. The summed E-state index contributed by atoms with van der Waals surface area (Å²) in [6.45, 7) is 0. The lowest BCUT2D eigenvalue weighted by Crippen LogP contribution is -2.47. The Balaban J connectivity index is 1.55. The number of nitrogens with two attached hydrogens (primary N) is 2. The van der Waals surface area contributed by atoms with E-state index in [1.807, 2.05) is 6.07 Å². The van der Waals surface area contributed by atoms with E-state index < -0.39 is 15.6 Å². The normalized spacial score (nSPS) is 15.0. The van der Waals surface area contributed by atoms with Crippen molar-refractivity contribution in [3.8, 4) is 11.1 Å². The first-order valence-electron chi connectivity index (χ1n) is 10.9. The monoisotopic (exact) mass is 477 g/mol. The van der Waals surface area contributed by atoms with Crippen molar-refractivity contribution in [3.05, 3.63) is 78.4 Å². The molecule has 4 rings (SSSR count). The van der Waals surface area contributed by atoms with Crippen molar-refractivity contribution >= 4 is 33.1 Å². The SMILES string of the molecule is N=C(N)c1cccc(NC2(C(=O)Nc3ccc(-c4ccccc4S(N)(=O)=O)cc3)CCCC2)c1. The van der Waals surface area contributed by atoms with Crippen LogP contribution in [0.3, 0.4) is 0 Å². The molecule has 9 heteroatoms. The van der Waals surface area contributed by atoms with Gasteiger partial charge in [-0.1, -0.05) is 55.3 Å². The summed E-state index contributed by atoms with van der Waals surface area (Å²) in [5.41, 5.74) is 7.95. The Morgan fingerprint density at radius 1 is 0.912 bits per heavy atom. The minimum absolute atomic E-state index is 0.0299. The van der Waals surface area contributed by atoms with Crippen LogP contribution in [-0.4, -0.2) is 25.7 Å². The van der Waals surface area contributed by atoms with Crippen molar-refractivity contribution in [2.45, 2.75) is 36.1 Å². The van der Waals surface area contributed by atoms with Gasteiger partial charge >= 0.3 is 0 Å². The van der Waals surface area contributed by atoms with Crippen molar-refractivity contribution in [2.24, 2.45) is 10.9 Å². The number of rotatable bonds is 7. The summed E-state index contributed by atoms with van der Waals surface area (Å²) < 4.78 is 23.9. The number of amides is 1. The minimum atomic E-state index is -3.87. The summed E-state index contributed by atoms with van der Waals surface area (Å²) in [5, 5.41) is 19.4. The number of primary sulfonamides is 1. The molecule has 0 aliphatic heterocycles. The Morgan fingerprint density at radius 3 is 2.24 bits per heavy atom. The average Bonchev–Trinajstić information content (AvgIpc) is 3.29. The molecule has 34 heavy (non-hydrogen) atoms. The molecule has 3 aromatic carbocycles. The van der Waals surface area contributed by atoms with Crippen molar-refractivity contribution in [1.82, 2.24) is 0 Å². The Labute approximate surface area is 198 Å². The molecule has 1 aliphatic rings. The molecule has 176 valence electrons. The molecule has 1 aliphatic carbocycles. The molecule has 0 atom stereocenters. The summed E-state index contributed by atoms with van der Waals surface area (Å²) >= 11 is 0. The number of nitrogens with one attached hydrogen (secondary N) is 3. The number of carbonyl (C=O) groups is 1. The van der Waals surface area contributed by atoms with Crippen molar-refractivity contribution in [3.63, 3.8) is 0 Å². The van der Waals surface area contributed by atoms with Gasteiger partial charge in [0, 0.05) is 22.5 Å². The fourth-order valence-corrected chi connectivity index (χ4v) is 5.13. The minimum Gasteiger partial charge on any atom is -0.384 e. The van der Waals surface area contributed by atoms with Crippen molar-refractivity contribution in [2.75, 3.05) is 10.6 Å². The van der Waals surface area contributed by atoms with Crippen LogP contribution >= 0.6 is 0 Å². The molecular weight excluding hydrogens is 450 g/mol. The van der Waals surface area contributed by atoms with Gasteiger partial charge in [0.2, 0.25) is 15.9 Å². The maximum absolute atomic E-state index is 13.4. The Bertz CT molecular complexity index is 1330. The summed E-state index contributed by atoms with van der Waals surface area (Å²) in [7, 11) is -3.87. The van der Waals surface area contributed by atoms with E-state index in [1.54, 1.807) is 60.7 Å². The Morgan fingerprint density at radius 2 is 1.59 bits per heavy atom. The number of carbonyl (C=O) groups excluding carboxylic acids is 1. The summed E-state index contributed by atoms with van der Waals surface area (Å²) in [6, 6.07) is 20.7. The molecule has 8 nitrogen and oxygen atoms in total. The number of nitrogen functional groups attached to an aromatic ring is 1. The van der Waals surface area contributed by atoms with E-state index in [0.717, 1.165) is 18.5 Å². The Kier molecular flexibility index (Phi) is 6.41. The van der Waals surface area contributed by atoms with E-state index in [2.05, 4.69) is 10.6 Å². The zero-order chi connectivity index (χ0) is 24.3. The smallest absolute Gasteiger partial charge is 0.250 e. The molecule has 1 saturated carbocycles. The molecule has 0 unspecified atom stereocenters. The van der Waals surface area contributed by atoms with Crippen LogP contribution < -0.4 is 21.5 Å². The van der Waals surface area contributed by atoms with Gasteiger partial charge in [0.15, 0.2) is 0 Å². The fraction of sp³-hybridized carbons (Fsp3) is 0.200. The first kappa shape index (κ1) is 23.5. The van der Waals surface area contributed by atoms with Gasteiger partial charge < -0.3 is 16.4 Å². The van der Waals surface area contributed by atoms with Gasteiger partial charge in [0.05, 0.1) is 4.90 Å². The first-order chi connectivity index (χ1) is 16.2. The van der Waals surface area contributed by atoms with Gasteiger partial charge in [-0.05, 0) is 48.7 Å². The van der Waals surface area contributed by atoms with Crippen LogP contribution in [0.25, 0.3) is 11.1 Å². The molecule has 0 spiro atoms. The molecule has 0 bridgehead atoms. The maximum Gasteiger partial charge on any atom is 0.250 e. The Hall–Kier alpha value is -3.69. The molecular formula is C25H27N5O3S. The number of hydrogen-bond donors (Lipinski definition) is 5. The zero-order valence-electron chi connectivity index (χ0n) is 18.5. The van der Waals surface area contributed by atoms with Gasteiger partial charge in [-0.15, -0.1) is 0 Å². The highest BCUT2D eigenvalue weighted by Gasteiger charge is 2.41. The second-order valence-electron chi connectivity index (χ2n) is 8.48. The summed E-state index contributed by atoms with van der Waals surface area (Å²) in [5.74, 6) is -0.173. The molecule has 0 heterocycles. The highest BCUT2D eigenvalue weighted by Crippen LogP contribution is 2.35. The lowest BCUT2D eigenvalue weighted by molar-refractivity contribution is -0.120. The number of benzene rings is 3. The van der Waals surface area contributed by atoms with Crippen LogP contribution in [0.2, 0.25) is 0 Å². The second-order valence-corrected chi connectivity index (χ2v) is 10.0. The van der Waals surface area contributed by atoms with Crippen LogP contribution in [0.5, 0.6) is 0 Å². The van der Waals surface area contributed by atoms with Crippen LogP contribution in [0.4, 0.5) is 11.4 Å². The molecule has 3 aromatic rings. The third-order valence-electron chi connectivity index (χ3n) is 6.10. The molecule has 0 saturated heterocycles. The number of anilines is 2. The fourth-order valence-electron chi connectivity index (χ4n) is 4.37. The van der Waals surface area contributed by atoms with E-state index >= 15 is 0 Å². The third-order valence-corrected chi connectivity index (χ3v) is 7.07. The largest absolute Gasteiger partial charge is 0.384 e. The standard InChI is InChI=1S/C25H27N5O3S/c26-23(27)18-6-5-7-20(16-18)30-25(14-3-4-15-25)24(31)29-19-12-10-17(11-13-19)21-8-1-2-9-22(21)34(28,32)33/h1-2,5-13,16,30H,3-4,14-15H2,(H3,26,27)(H,29,31)(H2,28,32,33). The summed E-state index contributed by atoms with van der Waals surface area (Å²) in [6.07, 6.45) is 3.22. The quantitative estimate of drug-likeness (QED) is 0.260. The van der Waals surface area contributed by atoms with Gasteiger partial charge in [-0.3, -0.25) is 10.2 Å². The molecule has 0 radical (unpaired) electrons. The van der Waals surface area contributed by atoms with Gasteiger partial charge in [-0.25, -0.2) is 13.6 Å². The highest BCUT2D eigenvalue weighted by atomic mass is 32.2. The maximum atomic E-state index is 13.4. The second kappa shape index (κ2) is 9.28. The molecule has 1 amide bonds. The van der Waals surface area contributed by atoms with E-state index in [9.17, 15) is 13.2 Å². The molecule has 0 aromatic heterocycles. The van der Waals surface area contributed by atoms with Crippen LogP contribution in [0, 0.1) is 5.41 Å². The lowest BCUT2D eigenvalue weighted by atomic mass is 9.95. The molecule has 1 fully saturated rings. The molecule has 7 N–H and O–H groups in total. The topological polar surface area (TPSA) is 151 Å². The van der Waals surface area contributed by atoms with E-state index in [4.69, 9.17) is 16.3 Å². The van der Waals surface area contributed by atoms with E-state index in [1.165, 1.54) is 6.07 Å². The van der Waals surface area contributed by atoms with Gasteiger partial charge in [0.25, 0.3) is 0 Å². The van der Waals surface area contributed by atoms with Crippen LogP contribution in [-0.2, 0) is 14.8 Å². The van der Waals surface area contributed by atoms with E-state index in [0.29, 0.717) is 35.2 Å². The number of amidine groups is 1. The zero-order valence-corrected chi connectivity index (χ0v) is 19.4. The van der Waals surface area contributed by atoms with Crippen molar-refractivity contribution < 1.29 is 13.2 Å². The van der Waals surface area contributed by atoms with Gasteiger partial charge in [0.1, 0.15) is 11.4 Å². The van der Waals surface area contributed by atoms with Crippen LogP contribution in [0.1, 0.15) is 31.2 Å². The number of hydrogen-bond acceptors (Lipinski definition) is 5. The third kappa shape index (κ3) is 4.95. The predicted molar refractivity (Wildman–Crippen MR) is 134 cm³/mol. The average molecular weight is 478 g/mol. The summed E-state index contributed by atoms with van der Waals surface area (Å²) in [4.78, 5) is 13.4. The highest BCUT2D eigenvalue weighted by molar-refractivity contribution is 7.89. The predicted octanol–water partition coefficient (Wildman–Crippen LogP) is 3.65. The number of sulfonamides is 1. The van der Waals surface area contributed by atoms with Crippen molar-refractivity contribution in [1.29, 1.82) is 5.41 Å². The van der Waals surface area contributed by atoms with Crippen LogP contribution in [0.15, 0.2) is 77.7 Å².